The fourth-order valence-electron chi connectivity index (χ4n) is 3.96. The molecule has 3 aliphatic rings. The third-order valence-electron chi connectivity index (χ3n) is 4.74. The highest BCUT2D eigenvalue weighted by Crippen LogP contribution is 2.66. The Hall–Kier alpha value is -0.720. The Kier molecular flexibility index (Phi) is 4.01. The van der Waals surface area contributed by atoms with Crippen LogP contribution in [0, 0.1) is 12.3 Å². The fourth-order valence-corrected chi connectivity index (χ4v) is 10.6. The minimum atomic E-state index is -3.69. The van der Waals surface area contributed by atoms with Gasteiger partial charge < -0.3 is 0 Å². The molecule has 2 bridgehead atoms. The largest absolute Gasteiger partial charge is 0.284 e. The van der Waals surface area contributed by atoms with Gasteiger partial charge in [-0.3, -0.25) is 0 Å². The number of rotatable bonds is 2. The van der Waals surface area contributed by atoms with Crippen LogP contribution < -0.4 is 0 Å². The molecule has 128 valence electrons. The van der Waals surface area contributed by atoms with Crippen LogP contribution >= 0.6 is 7.51 Å². The molecule has 1 aromatic carbocycles. The van der Waals surface area contributed by atoms with Crippen molar-refractivity contribution in [1.82, 2.24) is 14.0 Å². The topological polar surface area (TPSA) is 56.2 Å². The first-order chi connectivity index (χ1) is 10.6. The van der Waals surface area contributed by atoms with Gasteiger partial charge in [-0.2, -0.15) is 8.42 Å². The molecule has 0 spiro atoms. The van der Waals surface area contributed by atoms with Gasteiger partial charge in [0.05, 0.1) is 4.90 Å². The Morgan fingerprint density at radius 1 is 1.00 bits per heavy atom. The number of benzene rings is 1. The highest BCUT2D eigenvalue weighted by Gasteiger charge is 2.53. The van der Waals surface area contributed by atoms with Crippen LogP contribution in [-0.2, 0) is 10.0 Å². The predicted molar refractivity (Wildman–Crippen MR) is 93.7 cm³/mol. The van der Waals surface area contributed by atoms with Crippen molar-refractivity contribution >= 4 is 17.5 Å². The number of hydrogen-bond acceptors (Lipinski definition) is 2. The van der Waals surface area contributed by atoms with Crippen molar-refractivity contribution in [1.29, 1.82) is 0 Å². The summed E-state index contributed by atoms with van der Waals surface area (Å²) in [6, 6.07) is 6.91. The third kappa shape index (κ3) is 2.68. The summed E-state index contributed by atoms with van der Waals surface area (Å²) in [6.45, 7) is 6.82. The minimum Gasteiger partial charge on any atom is -0.247 e. The van der Waals surface area contributed by atoms with Crippen LogP contribution in [0.25, 0.3) is 0 Å². The zero-order valence-corrected chi connectivity index (χ0v) is 16.1. The molecule has 1 aromatic rings. The maximum absolute atomic E-state index is 12.9. The molecule has 0 amide bonds. The first-order valence-corrected chi connectivity index (χ1v) is 10.7. The number of sulfonamides is 1. The van der Waals surface area contributed by atoms with Crippen molar-refractivity contribution in [2.24, 2.45) is 9.57 Å². The Morgan fingerprint density at radius 2 is 1.43 bits per heavy atom. The van der Waals surface area contributed by atoms with E-state index in [0.717, 1.165) is 25.2 Å². The summed E-state index contributed by atoms with van der Waals surface area (Å²) in [4.78, 5) is 0.270. The molecular formula is C15H25N4O2PS. The smallest absolute Gasteiger partial charge is 0.247 e. The van der Waals surface area contributed by atoms with E-state index in [1.807, 2.05) is 40.2 Å². The summed E-state index contributed by atoms with van der Waals surface area (Å²) in [6.07, 6.45) is 0. The maximum atomic E-state index is 12.9. The van der Waals surface area contributed by atoms with E-state index in [9.17, 15) is 8.42 Å². The Bertz CT molecular complexity index is 734. The lowest BCUT2D eigenvalue weighted by Crippen LogP contribution is -2.60. The third-order valence-corrected chi connectivity index (χ3v) is 10.5. The molecule has 8 heteroatoms. The highest BCUT2D eigenvalue weighted by molar-refractivity contribution is 7.93. The van der Waals surface area contributed by atoms with Gasteiger partial charge in [0.2, 0.25) is 0 Å². The molecule has 3 heterocycles. The highest BCUT2D eigenvalue weighted by atomic mass is 32.2. The number of nitrogens with zero attached hydrogens (tertiary/aromatic N) is 4. The molecular weight excluding hydrogens is 331 g/mol. The summed E-state index contributed by atoms with van der Waals surface area (Å²) >= 11 is 0. The maximum Gasteiger partial charge on any atom is 0.284 e. The number of hydrogen-bond donors (Lipinski definition) is 0. The minimum absolute atomic E-state index is 0.156. The van der Waals surface area contributed by atoms with E-state index < -0.39 is 17.5 Å². The second-order valence-electron chi connectivity index (χ2n) is 7.16. The normalized spacial score (nSPS) is 33.1. The molecule has 0 unspecified atom stereocenters. The number of fused-ring (bicyclic) bond motifs is 3. The molecule has 3 aliphatic heterocycles. The van der Waals surface area contributed by atoms with Crippen LogP contribution in [0.3, 0.4) is 0 Å². The summed E-state index contributed by atoms with van der Waals surface area (Å²) in [7, 11) is -0.0997. The molecule has 0 N–H and O–H groups in total. The van der Waals surface area contributed by atoms with E-state index in [2.05, 4.69) is 25.1 Å². The lowest BCUT2D eigenvalue weighted by atomic mass is 9.90. The van der Waals surface area contributed by atoms with Gasteiger partial charge in [0.15, 0.2) is 7.51 Å². The molecule has 4 rings (SSSR count). The first kappa shape index (κ1) is 17.1. The Balaban J connectivity index is 2.14. The van der Waals surface area contributed by atoms with Gasteiger partial charge in [-0.25, -0.2) is 14.0 Å². The second kappa shape index (κ2) is 5.39. The Labute approximate surface area is 139 Å². The summed E-state index contributed by atoms with van der Waals surface area (Å²) in [5.74, 6) is 0. The molecule has 3 fully saturated rings. The van der Waals surface area contributed by atoms with Gasteiger partial charge in [-0.15, -0.1) is 4.15 Å². The summed E-state index contributed by atoms with van der Waals surface area (Å²) < 4.78 is 36.7. The average Bonchev–Trinajstić information content (AvgIpc) is 2.41. The van der Waals surface area contributed by atoms with Crippen molar-refractivity contribution in [3.63, 3.8) is 0 Å². The molecule has 0 atom stereocenters. The van der Waals surface area contributed by atoms with Gasteiger partial charge in [-0.1, -0.05) is 24.6 Å². The van der Waals surface area contributed by atoms with Crippen LogP contribution in [0.1, 0.15) is 12.5 Å². The summed E-state index contributed by atoms with van der Waals surface area (Å²) in [5.41, 5.74) is 1.19. The second-order valence-corrected chi connectivity index (χ2v) is 12.4. The van der Waals surface area contributed by atoms with E-state index in [4.69, 9.17) is 0 Å². The SMILES string of the molecule is Cc1ccc(S(=O)(=O)N=P23N(C)CC(C)(CN2C)CN3C)cc1. The van der Waals surface area contributed by atoms with Crippen molar-refractivity contribution < 1.29 is 8.42 Å². The fraction of sp³-hybridized carbons (Fsp3) is 0.600. The van der Waals surface area contributed by atoms with Gasteiger partial charge in [0.1, 0.15) is 0 Å². The van der Waals surface area contributed by atoms with Gasteiger partial charge in [0.25, 0.3) is 10.0 Å². The van der Waals surface area contributed by atoms with Gasteiger partial charge >= 0.3 is 0 Å². The van der Waals surface area contributed by atoms with E-state index in [1.54, 1.807) is 12.1 Å². The lowest BCUT2D eigenvalue weighted by Gasteiger charge is -2.60. The zero-order valence-electron chi connectivity index (χ0n) is 14.4. The molecule has 3 saturated heterocycles. The van der Waals surface area contributed by atoms with Crippen molar-refractivity contribution in [3.05, 3.63) is 29.8 Å². The zero-order chi connectivity index (χ0) is 17.0. The van der Waals surface area contributed by atoms with Crippen LogP contribution in [0.2, 0.25) is 0 Å². The van der Waals surface area contributed by atoms with E-state index in [1.165, 1.54) is 0 Å². The Morgan fingerprint density at radius 3 is 1.87 bits per heavy atom. The standard InChI is InChI=1S/C15H25N4O2PS/c1-13-6-8-14(9-7-13)23(20,21)16-22-17(3)10-15(2,11-18(22)4)12-19(22)5/h6-9H,10-12H2,1-5H3. The molecule has 0 saturated carbocycles. The van der Waals surface area contributed by atoms with Gasteiger partial charge in [-0.05, 0) is 40.2 Å². The molecule has 0 radical (unpaired) electrons. The predicted octanol–water partition coefficient (Wildman–Crippen LogP) is 2.46. The van der Waals surface area contributed by atoms with Crippen LogP contribution in [0.5, 0.6) is 0 Å². The van der Waals surface area contributed by atoms with Crippen LogP contribution in [0.15, 0.2) is 33.3 Å². The molecule has 6 nitrogen and oxygen atoms in total. The van der Waals surface area contributed by atoms with Crippen molar-refractivity contribution in [3.8, 4) is 0 Å². The molecule has 23 heavy (non-hydrogen) atoms. The van der Waals surface area contributed by atoms with Crippen LogP contribution in [0.4, 0.5) is 0 Å². The van der Waals surface area contributed by atoms with Crippen molar-refractivity contribution in [2.45, 2.75) is 18.7 Å². The quantitative estimate of drug-likeness (QED) is 0.762. The monoisotopic (exact) mass is 356 g/mol. The first-order valence-electron chi connectivity index (χ1n) is 7.69. The summed E-state index contributed by atoms with van der Waals surface area (Å²) in [5, 5.41) is 0. The van der Waals surface area contributed by atoms with E-state index >= 15 is 0 Å². The molecule has 0 aliphatic carbocycles. The average molecular weight is 356 g/mol. The van der Waals surface area contributed by atoms with Crippen molar-refractivity contribution in [2.75, 3.05) is 40.8 Å². The van der Waals surface area contributed by atoms with E-state index in [-0.39, 0.29) is 10.3 Å². The van der Waals surface area contributed by atoms with Gasteiger partial charge in [0, 0.05) is 25.0 Å². The molecule has 0 aromatic heterocycles. The van der Waals surface area contributed by atoms with E-state index in [0.29, 0.717) is 0 Å². The van der Waals surface area contributed by atoms with Crippen LogP contribution in [-0.4, -0.2) is 63.2 Å². The lowest BCUT2D eigenvalue weighted by molar-refractivity contribution is 0.0970. The number of aryl methyl sites for hydroxylation is 1.